The molecular weight excluding hydrogens is 410 g/mol. The minimum atomic E-state index is 0.298. The van der Waals surface area contributed by atoms with Crippen LogP contribution in [0.25, 0.3) is 6.08 Å². The third-order valence-electron chi connectivity index (χ3n) is 4.21. The molecule has 5 heteroatoms. The first-order valence-electron chi connectivity index (χ1n) is 11.8. The molecule has 5 nitrogen and oxygen atoms in total. The Morgan fingerprint density at radius 2 is 1.45 bits per heavy atom. The summed E-state index contributed by atoms with van der Waals surface area (Å²) in [4.78, 5) is 12.3. The van der Waals surface area contributed by atoms with Crippen LogP contribution in [0.2, 0.25) is 0 Å². The van der Waals surface area contributed by atoms with Crippen LogP contribution in [-0.2, 0) is 12.8 Å². The van der Waals surface area contributed by atoms with Gasteiger partial charge in [0.25, 0.3) is 5.88 Å². The van der Waals surface area contributed by atoms with Gasteiger partial charge in [0.2, 0.25) is 6.79 Å². The molecule has 0 N–H and O–H groups in total. The van der Waals surface area contributed by atoms with E-state index in [0.717, 1.165) is 24.3 Å². The van der Waals surface area contributed by atoms with Gasteiger partial charge in [-0.05, 0) is 35.4 Å². The van der Waals surface area contributed by atoms with Crippen LogP contribution in [0, 0.1) is 0 Å². The zero-order valence-electron chi connectivity index (χ0n) is 20.8. The van der Waals surface area contributed by atoms with E-state index in [0.29, 0.717) is 12.7 Å². The molecule has 0 unspecified atom stereocenters. The Morgan fingerprint density at radius 3 is 2.18 bits per heavy atom. The lowest BCUT2D eigenvalue weighted by Crippen LogP contribution is -1.93. The van der Waals surface area contributed by atoms with E-state index < -0.39 is 0 Å². The number of fused-ring (bicyclic) bond motifs is 3. The monoisotopic (exact) mass is 447 g/mol. The molecule has 2 aliphatic heterocycles. The molecule has 2 aromatic heterocycles. The molecule has 33 heavy (non-hydrogen) atoms. The second-order valence-corrected chi connectivity index (χ2v) is 6.00. The van der Waals surface area contributed by atoms with Crippen molar-refractivity contribution in [3.05, 3.63) is 83.8 Å². The van der Waals surface area contributed by atoms with Gasteiger partial charge in [0, 0.05) is 31.4 Å². The summed E-state index contributed by atoms with van der Waals surface area (Å²) in [6.07, 6.45) is 11.7. The number of allylic oxidation sites excluding steroid dienone is 1. The first-order valence-corrected chi connectivity index (χ1v) is 11.8. The quantitative estimate of drug-likeness (QED) is 0.358. The Bertz CT molecular complexity index is 894. The van der Waals surface area contributed by atoms with E-state index in [9.17, 15) is 0 Å². The first kappa shape index (κ1) is 27.6. The van der Waals surface area contributed by atoms with Gasteiger partial charge < -0.3 is 9.47 Å². The Hall–Kier alpha value is -3.47. The fourth-order valence-corrected chi connectivity index (χ4v) is 2.87. The number of aromatic nitrogens is 2. The highest BCUT2D eigenvalue weighted by Crippen LogP contribution is 2.27. The topological polar surface area (TPSA) is 56.6 Å². The van der Waals surface area contributed by atoms with Gasteiger partial charge in [0.1, 0.15) is 0 Å². The number of pyridine rings is 2. The lowest BCUT2D eigenvalue weighted by atomic mass is 10.2. The van der Waals surface area contributed by atoms with Crippen LogP contribution >= 0.6 is 0 Å². The van der Waals surface area contributed by atoms with E-state index in [4.69, 9.17) is 9.47 Å². The smallest absolute Gasteiger partial charge is 0.260 e. The van der Waals surface area contributed by atoms with Crippen molar-refractivity contribution in [3.63, 3.8) is 0 Å². The van der Waals surface area contributed by atoms with E-state index in [1.165, 1.54) is 16.8 Å². The summed E-state index contributed by atoms with van der Waals surface area (Å²) >= 11 is 0. The number of aliphatic imine (C=N–C) groups is 1. The normalized spacial score (nSPS) is 11.8. The van der Waals surface area contributed by atoms with Crippen LogP contribution in [0.1, 0.15) is 58.4 Å². The van der Waals surface area contributed by atoms with Gasteiger partial charge in [-0.25, -0.2) is 4.98 Å². The molecule has 4 heterocycles. The van der Waals surface area contributed by atoms with Gasteiger partial charge >= 0.3 is 0 Å². The Kier molecular flexibility index (Phi) is 14.3. The molecule has 3 aliphatic rings. The van der Waals surface area contributed by atoms with Gasteiger partial charge in [0.15, 0.2) is 5.75 Å². The lowest BCUT2D eigenvalue weighted by Gasteiger charge is -1.92. The van der Waals surface area contributed by atoms with E-state index >= 15 is 0 Å². The summed E-state index contributed by atoms with van der Waals surface area (Å²) in [5, 5.41) is 0. The third kappa shape index (κ3) is 8.89. The van der Waals surface area contributed by atoms with Gasteiger partial charge in [0.05, 0.1) is 11.4 Å². The highest BCUT2D eigenvalue weighted by atomic mass is 16.7. The SMILES string of the molecule is C1=Cc2cccnc2C1.C1=Nc2ccccc2C1.CC.CC.CC.c1cnc2c(c1)OCO2. The number of para-hydroxylation sites is 1. The molecule has 0 radical (unpaired) electrons. The number of rotatable bonds is 0. The predicted molar refractivity (Wildman–Crippen MR) is 140 cm³/mol. The highest BCUT2D eigenvalue weighted by molar-refractivity contribution is 5.75. The fraction of sp³-hybridized carbons (Fsp3) is 0.321. The molecule has 176 valence electrons. The van der Waals surface area contributed by atoms with E-state index in [2.05, 4.69) is 39.2 Å². The molecule has 6 rings (SSSR count). The van der Waals surface area contributed by atoms with E-state index in [-0.39, 0.29) is 0 Å². The highest BCUT2D eigenvalue weighted by Gasteiger charge is 2.11. The van der Waals surface area contributed by atoms with Crippen molar-refractivity contribution in [2.75, 3.05) is 6.79 Å². The molecular formula is C28H37N3O2. The zero-order chi connectivity index (χ0) is 24.3. The van der Waals surface area contributed by atoms with Crippen LogP contribution in [0.15, 0.2) is 72.0 Å². The molecule has 1 aliphatic carbocycles. The molecule has 0 fully saturated rings. The lowest BCUT2D eigenvalue weighted by molar-refractivity contribution is 0.171. The van der Waals surface area contributed by atoms with Crippen molar-refractivity contribution in [2.45, 2.75) is 54.4 Å². The number of benzene rings is 1. The largest absolute Gasteiger partial charge is 0.452 e. The molecule has 0 amide bonds. The third-order valence-corrected chi connectivity index (χ3v) is 4.21. The second-order valence-electron chi connectivity index (χ2n) is 6.00. The maximum absolute atomic E-state index is 5.01. The van der Waals surface area contributed by atoms with Crippen molar-refractivity contribution < 1.29 is 9.47 Å². The van der Waals surface area contributed by atoms with Gasteiger partial charge in [-0.2, -0.15) is 0 Å². The molecule has 0 spiro atoms. The molecule has 3 aromatic rings. The maximum atomic E-state index is 5.01. The molecule has 0 bridgehead atoms. The van der Waals surface area contributed by atoms with Gasteiger partial charge in [-0.3, -0.25) is 9.98 Å². The van der Waals surface area contributed by atoms with Gasteiger partial charge in [-0.15, -0.1) is 0 Å². The number of ether oxygens (including phenoxy) is 2. The Labute approximate surface area is 199 Å². The van der Waals surface area contributed by atoms with Crippen molar-refractivity contribution in [3.8, 4) is 11.6 Å². The van der Waals surface area contributed by atoms with Crippen LogP contribution in [0.5, 0.6) is 11.6 Å². The van der Waals surface area contributed by atoms with Crippen LogP contribution in [0.3, 0.4) is 0 Å². The minimum Gasteiger partial charge on any atom is -0.452 e. The fourth-order valence-electron chi connectivity index (χ4n) is 2.87. The summed E-state index contributed by atoms with van der Waals surface area (Å²) in [5.74, 6) is 1.33. The van der Waals surface area contributed by atoms with E-state index in [1.54, 1.807) is 6.20 Å². The first-order chi connectivity index (χ1) is 16.4. The summed E-state index contributed by atoms with van der Waals surface area (Å²) in [7, 11) is 0. The van der Waals surface area contributed by atoms with Crippen molar-refractivity contribution >= 4 is 18.0 Å². The zero-order valence-corrected chi connectivity index (χ0v) is 20.8. The van der Waals surface area contributed by atoms with Crippen LogP contribution in [0.4, 0.5) is 5.69 Å². The average Bonchev–Trinajstić information content (AvgIpc) is 3.69. The van der Waals surface area contributed by atoms with E-state index in [1.807, 2.05) is 90.4 Å². The summed E-state index contributed by atoms with van der Waals surface area (Å²) in [5.41, 5.74) is 4.96. The maximum Gasteiger partial charge on any atom is 0.260 e. The summed E-state index contributed by atoms with van der Waals surface area (Å²) in [6, 6.07) is 15.9. The van der Waals surface area contributed by atoms with Crippen molar-refractivity contribution in [1.29, 1.82) is 0 Å². The Balaban J connectivity index is 0.000000222. The van der Waals surface area contributed by atoms with Crippen molar-refractivity contribution in [1.82, 2.24) is 9.97 Å². The summed E-state index contributed by atoms with van der Waals surface area (Å²) < 4.78 is 9.98. The molecule has 1 aromatic carbocycles. The predicted octanol–water partition coefficient (Wildman–Crippen LogP) is 7.48. The molecule has 0 saturated carbocycles. The van der Waals surface area contributed by atoms with Gasteiger partial charge in [-0.1, -0.05) is 78.0 Å². The standard InChI is InChI=1S/2C8H7N.C6H5NO2.3C2H6/c1-3-7-4-2-6-9-8(7)5-1;1-2-4-8-7(3-1)5-6-9-8;1-2-5-6(7-3-1)9-4-8-5;3*1-2/h2*1-4,6H,5H2;1-3H,4H2;3*1-2H3. The Morgan fingerprint density at radius 1 is 0.727 bits per heavy atom. The molecule has 0 saturated heterocycles. The minimum absolute atomic E-state index is 0.298. The number of nitrogens with zero attached hydrogens (tertiary/aromatic N) is 3. The number of hydrogen-bond donors (Lipinski definition) is 0. The average molecular weight is 448 g/mol. The second kappa shape index (κ2) is 17.1. The molecule has 0 atom stereocenters. The van der Waals surface area contributed by atoms with Crippen LogP contribution < -0.4 is 9.47 Å². The van der Waals surface area contributed by atoms with Crippen molar-refractivity contribution in [2.24, 2.45) is 4.99 Å². The summed E-state index contributed by atoms with van der Waals surface area (Å²) in [6.45, 7) is 12.3. The van der Waals surface area contributed by atoms with Crippen LogP contribution in [-0.4, -0.2) is 23.0 Å². The number of hydrogen-bond acceptors (Lipinski definition) is 5.